The van der Waals surface area contributed by atoms with Gasteiger partial charge in [-0.15, -0.1) is 0 Å². The van der Waals surface area contributed by atoms with Crippen molar-refractivity contribution >= 4 is 5.84 Å². The van der Waals surface area contributed by atoms with Gasteiger partial charge in [0, 0.05) is 6.42 Å². The second-order valence-corrected chi connectivity index (χ2v) is 2.20. The van der Waals surface area contributed by atoms with Crippen molar-refractivity contribution in [2.45, 2.75) is 13.3 Å². The Bertz CT molecular complexity index is 195. The summed E-state index contributed by atoms with van der Waals surface area (Å²) in [5.74, 6) is 1.38. The summed E-state index contributed by atoms with van der Waals surface area (Å²) in [6.45, 7) is 6.09. The van der Waals surface area contributed by atoms with E-state index < -0.39 is 0 Å². The van der Waals surface area contributed by atoms with Crippen LogP contribution in [0.4, 0.5) is 0 Å². The third-order valence-electron chi connectivity index (χ3n) is 1.39. The van der Waals surface area contributed by atoms with Gasteiger partial charge in [-0.1, -0.05) is 13.5 Å². The molecule has 0 aliphatic rings. The first kappa shape index (κ1) is 10.8. The highest BCUT2D eigenvalue weighted by molar-refractivity contribution is 5.79. The lowest BCUT2D eigenvalue weighted by molar-refractivity contribution is 0.306. The van der Waals surface area contributed by atoms with Gasteiger partial charge in [-0.25, -0.2) is 0 Å². The van der Waals surface area contributed by atoms with Crippen LogP contribution in [0.15, 0.2) is 29.5 Å². The van der Waals surface area contributed by atoms with Crippen molar-refractivity contribution in [2.75, 3.05) is 13.7 Å². The molecular weight excluding hydrogens is 152 g/mol. The highest BCUT2D eigenvalue weighted by Gasteiger charge is 1.87. The summed E-state index contributed by atoms with van der Waals surface area (Å²) in [6, 6.07) is 0. The molecule has 0 unspecified atom stereocenters. The Labute approximate surface area is 73.6 Å². The summed E-state index contributed by atoms with van der Waals surface area (Å²) in [6.07, 6.45) is 4.25. The Morgan fingerprint density at radius 3 is 2.75 bits per heavy atom. The summed E-state index contributed by atoms with van der Waals surface area (Å²) in [5.41, 5.74) is 5.50. The van der Waals surface area contributed by atoms with Crippen LogP contribution in [-0.4, -0.2) is 19.5 Å². The summed E-state index contributed by atoms with van der Waals surface area (Å²) in [5, 5.41) is 0. The van der Waals surface area contributed by atoms with E-state index in [0.29, 0.717) is 12.4 Å². The average Bonchev–Trinajstić information content (AvgIpc) is 2.12. The van der Waals surface area contributed by atoms with Crippen LogP contribution in [-0.2, 0) is 4.74 Å². The Hall–Kier alpha value is -1.25. The van der Waals surface area contributed by atoms with E-state index in [0.717, 1.165) is 12.2 Å². The fraction of sp³-hybridized carbons (Fsp3) is 0.444. The van der Waals surface area contributed by atoms with Gasteiger partial charge < -0.3 is 10.5 Å². The Balaban J connectivity index is 3.94. The van der Waals surface area contributed by atoms with Crippen LogP contribution < -0.4 is 5.73 Å². The molecule has 0 amide bonds. The van der Waals surface area contributed by atoms with E-state index in [1.165, 1.54) is 0 Å². The normalized spacial score (nSPS) is 12.8. The van der Waals surface area contributed by atoms with Crippen molar-refractivity contribution in [3.63, 3.8) is 0 Å². The second-order valence-electron chi connectivity index (χ2n) is 2.20. The van der Waals surface area contributed by atoms with Gasteiger partial charge in [-0.3, -0.25) is 4.99 Å². The maximum Gasteiger partial charge on any atom is 0.116 e. The van der Waals surface area contributed by atoms with Crippen LogP contribution in [0.3, 0.4) is 0 Å². The van der Waals surface area contributed by atoms with E-state index in [1.54, 1.807) is 13.2 Å². The van der Waals surface area contributed by atoms with Gasteiger partial charge in [0.2, 0.25) is 0 Å². The highest BCUT2D eigenvalue weighted by atomic mass is 16.5. The van der Waals surface area contributed by atoms with Crippen LogP contribution in [0.5, 0.6) is 0 Å². The van der Waals surface area contributed by atoms with E-state index in [1.807, 2.05) is 13.0 Å². The van der Waals surface area contributed by atoms with Gasteiger partial charge in [0.1, 0.15) is 5.76 Å². The number of ether oxygens (including phenoxy) is 1. The Morgan fingerprint density at radius 2 is 2.33 bits per heavy atom. The zero-order valence-electron chi connectivity index (χ0n) is 7.71. The van der Waals surface area contributed by atoms with Crippen LogP contribution in [0, 0.1) is 0 Å². The van der Waals surface area contributed by atoms with Gasteiger partial charge in [0.25, 0.3) is 0 Å². The molecule has 3 nitrogen and oxygen atoms in total. The van der Waals surface area contributed by atoms with E-state index in [9.17, 15) is 0 Å². The van der Waals surface area contributed by atoms with Gasteiger partial charge in [0.05, 0.1) is 19.5 Å². The number of aliphatic imine (C=N–C) groups is 1. The van der Waals surface area contributed by atoms with E-state index in [4.69, 9.17) is 10.5 Å². The summed E-state index contributed by atoms with van der Waals surface area (Å²) in [4.78, 5) is 4.07. The van der Waals surface area contributed by atoms with Crippen LogP contribution in [0.1, 0.15) is 13.3 Å². The number of hydrogen-bond acceptors (Lipinski definition) is 2. The first-order valence-electron chi connectivity index (χ1n) is 3.90. The van der Waals surface area contributed by atoms with Crippen molar-refractivity contribution < 1.29 is 4.74 Å². The number of nitrogens with two attached hydrogens (primary N) is 1. The fourth-order valence-corrected chi connectivity index (χ4v) is 0.615. The van der Waals surface area contributed by atoms with Crippen molar-refractivity contribution in [2.24, 2.45) is 10.7 Å². The monoisotopic (exact) mass is 168 g/mol. The van der Waals surface area contributed by atoms with E-state index in [2.05, 4.69) is 11.6 Å². The number of allylic oxidation sites excluding steroid dienone is 1. The SMILES string of the molecule is C=C/C(=C\C/N=C(\N)CC)OC. The molecule has 0 bridgehead atoms. The minimum atomic E-state index is 0.550. The van der Waals surface area contributed by atoms with Crippen molar-refractivity contribution in [3.8, 4) is 0 Å². The third kappa shape index (κ3) is 4.55. The predicted molar refractivity (Wildman–Crippen MR) is 52.1 cm³/mol. The van der Waals surface area contributed by atoms with E-state index >= 15 is 0 Å². The molecule has 3 heteroatoms. The van der Waals surface area contributed by atoms with Gasteiger partial charge >= 0.3 is 0 Å². The fourth-order valence-electron chi connectivity index (χ4n) is 0.615. The van der Waals surface area contributed by atoms with Gasteiger partial charge in [0.15, 0.2) is 0 Å². The minimum absolute atomic E-state index is 0.550. The molecule has 0 spiro atoms. The molecule has 68 valence electrons. The molecule has 0 aromatic heterocycles. The molecule has 0 atom stereocenters. The quantitative estimate of drug-likeness (QED) is 0.292. The van der Waals surface area contributed by atoms with Crippen molar-refractivity contribution in [1.82, 2.24) is 0 Å². The largest absolute Gasteiger partial charge is 0.497 e. The third-order valence-corrected chi connectivity index (χ3v) is 1.39. The molecule has 0 aromatic carbocycles. The topological polar surface area (TPSA) is 47.6 Å². The molecule has 0 radical (unpaired) electrons. The standard InChI is InChI=1S/C9H16N2O/c1-4-8(12-3)6-7-11-9(10)5-2/h4,6H,1,5,7H2,2-3H3,(H2,10,11)/b8-6+. The Kier molecular flexibility index (Phi) is 5.79. The lowest BCUT2D eigenvalue weighted by atomic mass is 10.4. The summed E-state index contributed by atoms with van der Waals surface area (Å²) < 4.78 is 4.95. The van der Waals surface area contributed by atoms with Gasteiger partial charge in [-0.05, 0) is 12.2 Å². The lowest BCUT2D eigenvalue weighted by Gasteiger charge is -1.97. The number of rotatable bonds is 5. The first-order chi connectivity index (χ1) is 5.74. The molecule has 0 saturated heterocycles. The van der Waals surface area contributed by atoms with Gasteiger partial charge in [-0.2, -0.15) is 0 Å². The Morgan fingerprint density at radius 1 is 1.67 bits per heavy atom. The van der Waals surface area contributed by atoms with Crippen molar-refractivity contribution in [1.29, 1.82) is 0 Å². The average molecular weight is 168 g/mol. The first-order valence-corrected chi connectivity index (χ1v) is 3.90. The number of hydrogen-bond donors (Lipinski definition) is 1. The molecule has 12 heavy (non-hydrogen) atoms. The van der Waals surface area contributed by atoms with Crippen molar-refractivity contribution in [3.05, 3.63) is 24.5 Å². The van der Waals surface area contributed by atoms with Crippen LogP contribution >= 0.6 is 0 Å². The molecule has 0 saturated carbocycles. The molecule has 2 N–H and O–H groups in total. The molecule has 0 heterocycles. The second kappa shape index (κ2) is 6.46. The zero-order valence-corrected chi connectivity index (χ0v) is 7.71. The number of nitrogens with zero attached hydrogens (tertiary/aromatic N) is 1. The molecule has 0 fully saturated rings. The molecule has 0 aliphatic heterocycles. The predicted octanol–water partition coefficient (Wildman–Crippen LogP) is 1.47. The van der Waals surface area contributed by atoms with E-state index in [-0.39, 0.29) is 0 Å². The molecule has 0 aromatic rings. The summed E-state index contributed by atoms with van der Waals surface area (Å²) in [7, 11) is 1.60. The molecule has 0 rings (SSSR count). The summed E-state index contributed by atoms with van der Waals surface area (Å²) >= 11 is 0. The smallest absolute Gasteiger partial charge is 0.116 e. The molecule has 0 aliphatic carbocycles. The minimum Gasteiger partial charge on any atom is -0.497 e. The van der Waals surface area contributed by atoms with Crippen LogP contribution in [0.25, 0.3) is 0 Å². The highest BCUT2D eigenvalue weighted by Crippen LogP contribution is 1.95. The lowest BCUT2D eigenvalue weighted by Crippen LogP contribution is -2.09. The van der Waals surface area contributed by atoms with Crippen LogP contribution in [0.2, 0.25) is 0 Å². The zero-order chi connectivity index (χ0) is 9.40. The molecular formula is C9H16N2O. The maximum absolute atomic E-state index is 5.50. The number of methoxy groups -OCH3 is 1. The number of amidine groups is 1. The maximum atomic E-state index is 5.50.